The molecule has 72 valence electrons. The van der Waals surface area contributed by atoms with E-state index in [1.165, 1.54) is 19.3 Å². The van der Waals surface area contributed by atoms with Gasteiger partial charge in [0.1, 0.15) is 6.04 Å². The molecule has 2 aliphatic rings. The van der Waals surface area contributed by atoms with Crippen LogP contribution in [0.1, 0.15) is 19.3 Å². The smallest absolute Gasteiger partial charge is 0.101 e. The summed E-state index contributed by atoms with van der Waals surface area (Å²) < 4.78 is 5.27. The first kappa shape index (κ1) is 8.98. The Morgan fingerprint density at radius 2 is 2.00 bits per heavy atom. The molecule has 13 heavy (non-hydrogen) atoms. The van der Waals surface area contributed by atoms with E-state index in [-0.39, 0.29) is 6.04 Å². The molecule has 1 saturated heterocycles. The second-order valence-corrected chi connectivity index (χ2v) is 3.91. The first-order chi connectivity index (χ1) is 6.42. The standard InChI is InChI=1S/C10H16N2O/c11-8-10(9-2-1-3-9)12-4-6-13-7-5-12/h9-10H,1-7H2. The average Bonchev–Trinajstić information content (AvgIpc) is 2.12. The molecule has 0 spiro atoms. The van der Waals surface area contributed by atoms with Crippen molar-refractivity contribution in [3.8, 4) is 6.07 Å². The van der Waals surface area contributed by atoms with Gasteiger partial charge in [-0.2, -0.15) is 5.26 Å². The summed E-state index contributed by atoms with van der Waals surface area (Å²) in [7, 11) is 0. The predicted octanol–water partition coefficient (Wildman–Crippen LogP) is 1.01. The van der Waals surface area contributed by atoms with Crippen LogP contribution < -0.4 is 0 Å². The minimum atomic E-state index is 0.164. The SMILES string of the molecule is N#CC(C1CCC1)N1CCOCC1. The average molecular weight is 180 g/mol. The summed E-state index contributed by atoms with van der Waals surface area (Å²) in [6, 6.07) is 2.61. The molecule has 3 nitrogen and oxygen atoms in total. The molecule has 0 N–H and O–H groups in total. The van der Waals surface area contributed by atoms with E-state index in [0.29, 0.717) is 5.92 Å². The molecule has 1 atom stereocenters. The summed E-state index contributed by atoms with van der Waals surface area (Å²) in [5.41, 5.74) is 0. The molecule has 2 rings (SSSR count). The highest BCUT2D eigenvalue weighted by atomic mass is 16.5. The number of ether oxygens (including phenoxy) is 1. The Kier molecular flexibility index (Phi) is 2.82. The number of nitrogens with zero attached hydrogens (tertiary/aromatic N) is 2. The molecule has 0 aromatic heterocycles. The van der Waals surface area contributed by atoms with E-state index in [1.807, 2.05) is 0 Å². The summed E-state index contributed by atoms with van der Waals surface area (Å²) in [6.45, 7) is 3.47. The highest BCUT2D eigenvalue weighted by Gasteiger charge is 2.32. The second-order valence-electron chi connectivity index (χ2n) is 3.91. The lowest BCUT2D eigenvalue weighted by atomic mass is 9.79. The largest absolute Gasteiger partial charge is 0.379 e. The molecule has 0 bridgehead atoms. The fraction of sp³-hybridized carbons (Fsp3) is 0.900. The first-order valence-corrected chi connectivity index (χ1v) is 5.13. The Morgan fingerprint density at radius 1 is 1.31 bits per heavy atom. The van der Waals surface area contributed by atoms with Crippen molar-refractivity contribution < 1.29 is 4.74 Å². The van der Waals surface area contributed by atoms with Crippen molar-refractivity contribution in [2.75, 3.05) is 26.3 Å². The topological polar surface area (TPSA) is 36.3 Å². The van der Waals surface area contributed by atoms with Gasteiger partial charge in [0.2, 0.25) is 0 Å². The minimum absolute atomic E-state index is 0.164. The normalized spacial score (nSPS) is 27.6. The van der Waals surface area contributed by atoms with E-state index in [4.69, 9.17) is 10.00 Å². The van der Waals surface area contributed by atoms with Crippen LogP contribution >= 0.6 is 0 Å². The predicted molar refractivity (Wildman–Crippen MR) is 49.1 cm³/mol. The summed E-state index contributed by atoms with van der Waals surface area (Å²) in [4.78, 5) is 2.29. The Bertz CT molecular complexity index is 201. The van der Waals surface area contributed by atoms with Crippen LogP contribution in [0.5, 0.6) is 0 Å². The second kappa shape index (κ2) is 4.08. The summed E-state index contributed by atoms with van der Waals surface area (Å²) in [6.07, 6.45) is 3.80. The van der Waals surface area contributed by atoms with Crippen LogP contribution in [0, 0.1) is 17.2 Å². The molecule has 0 amide bonds. The van der Waals surface area contributed by atoms with Gasteiger partial charge in [0.25, 0.3) is 0 Å². The fourth-order valence-electron chi connectivity index (χ4n) is 2.10. The van der Waals surface area contributed by atoms with Crippen molar-refractivity contribution in [2.24, 2.45) is 5.92 Å². The molecule has 1 aliphatic heterocycles. The summed E-state index contributed by atoms with van der Waals surface area (Å²) in [5, 5.41) is 9.08. The van der Waals surface area contributed by atoms with E-state index in [0.717, 1.165) is 26.3 Å². The van der Waals surface area contributed by atoms with Gasteiger partial charge in [0.15, 0.2) is 0 Å². The molecular formula is C10H16N2O. The van der Waals surface area contributed by atoms with Gasteiger partial charge in [-0.15, -0.1) is 0 Å². The van der Waals surface area contributed by atoms with Crippen molar-refractivity contribution >= 4 is 0 Å². The highest BCUT2D eigenvalue weighted by Crippen LogP contribution is 2.32. The van der Waals surface area contributed by atoms with Gasteiger partial charge in [0.05, 0.1) is 19.3 Å². The third kappa shape index (κ3) is 1.84. The quantitative estimate of drug-likeness (QED) is 0.636. The lowest BCUT2D eigenvalue weighted by Gasteiger charge is -2.38. The molecule has 0 radical (unpaired) electrons. The number of nitriles is 1. The molecule has 0 aromatic rings. The van der Waals surface area contributed by atoms with Crippen LogP contribution in [-0.4, -0.2) is 37.2 Å². The Labute approximate surface area is 79.3 Å². The van der Waals surface area contributed by atoms with Crippen LogP contribution in [-0.2, 0) is 4.74 Å². The van der Waals surface area contributed by atoms with E-state index in [1.54, 1.807) is 0 Å². The molecular weight excluding hydrogens is 164 g/mol. The van der Waals surface area contributed by atoms with Crippen molar-refractivity contribution in [1.82, 2.24) is 4.90 Å². The van der Waals surface area contributed by atoms with Crippen LogP contribution in [0.4, 0.5) is 0 Å². The van der Waals surface area contributed by atoms with E-state index < -0.39 is 0 Å². The maximum Gasteiger partial charge on any atom is 0.101 e. The van der Waals surface area contributed by atoms with Crippen LogP contribution in [0.15, 0.2) is 0 Å². The van der Waals surface area contributed by atoms with Gasteiger partial charge >= 0.3 is 0 Å². The molecule has 2 fully saturated rings. The van der Waals surface area contributed by atoms with Crippen molar-refractivity contribution in [3.05, 3.63) is 0 Å². The molecule has 3 heteroatoms. The minimum Gasteiger partial charge on any atom is -0.379 e. The molecule has 1 heterocycles. The zero-order chi connectivity index (χ0) is 9.10. The van der Waals surface area contributed by atoms with Crippen LogP contribution in [0.2, 0.25) is 0 Å². The molecule has 1 saturated carbocycles. The van der Waals surface area contributed by atoms with Crippen molar-refractivity contribution in [1.29, 1.82) is 5.26 Å². The van der Waals surface area contributed by atoms with Gasteiger partial charge < -0.3 is 4.74 Å². The molecule has 0 aromatic carbocycles. The third-order valence-electron chi connectivity index (χ3n) is 3.17. The van der Waals surface area contributed by atoms with Crippen molar-refractivity contribution in [2.45, 2.75) is 25.3 Å². The zero-order valence-corrected chi connectivity index (χ0v) is 7.91. The Hall–Kier alpha value is -0.590. The summed E-state index contributed by atoms with van der Waals surface area (Å²) in [5.74, 6) is 0.642. The molecule has 1 aliphatic carbocycles. The van der Waals surface area contributed by atoms with Gasteiger partial charge in [-0.3, -0.25) is 4.90 Å². The molecule has 1 unspecified atom stereocenters. The lowest BCUT2D eigenvalue weighted by Crippen LogP contribution is -2.47. The number of rotatable bonds is 2. The monoisotopic (exact) mass is 180 g/mol. The maximum atomic E-state index is 9.08. The Balaban J connectivity index is 1.90. The lowest BCUT2D eigenvalue weighted by molar-refractivity contribution is 0.00690. The van der Waals surface area contributed by atoms with Gasteiger partial charge in [-0.1, -0.05) is 6.42 Å². The Morgan fingerprint density at radius 3 is 2.46 bits per heavy atom. The highest BCUT2D eigenvalue weighted by molar-refractivity contribution is 4.99. The number of hydrogen-bond acceptors (Lipinski definition) is 3. The number of hydrogen-bond donors (Lipinski definition) is 0. The zero-order valence-electron chi connectivity index (χ0n) is 7.91. The number of morpholine rings is 1. The maximum absolute atomic E-state index is 9.08. The fourth-order valence-corrected chi connectivity index (χ4v) is 2.10. The van der Waals surface area contributed by atoms with Gasteiger partial charge in [0, 0.05) is 13.1 Å². The van der Waals surface area contributed by atoms with E-state index in [2.05, 4.69) is 11.0 Å². The van der Waals surface area contributed by atoms with Gasteiger partial charge in [-0.05, 0) is 18.8 Å². The van der Waals surface area contributed by atoms with Crippen molar-refractivity contribution in [3.63, 3.8) is 0 Å². The van der Waals surface area contributed by atoms with Crippen LogP contribution in [0.25, 0.3) is 0 Å². The van der Waals surface area contributed by atoms with Gasteiger partial charge in [-0.25, -0.2) is 0 Å². The summed E-state index contributed by atoms with van der Waals surface area (Å²) >= 11 is 0. The third-order valence-corrected chi connectivity index (χ3v) is 3.17. The first-order valence-electron chi connectivity index (χ1n) is 5.13. The van der Waals surface area contributed by atoms with E-state index >= 15 is 0 Å². The van der Waals surface area contributed by atoms with Crippen LogP contribution in [0.3, 0.4) is 0 Å². The van der Waals surface area contributed by atoms with E-state index in [9.17, 15) is 0 Å².